The molecule has 3 nitrogen and oxygen atoms in total. The Morgan fingerprint density at radius 3 is 2.31 bits per heavy atom. The van der Waals surface area contributed by atoms with Crippen LogP contribution in [0.2, 0.25) is 0 Å². The first-order chi connectivity index (χ1) is 7.66. The molecular weight excluding hydrogens is 220 g/mol. The van der Waals surface area contributed by atoms with Crippen molar-refractivity contribution in [1.29, 1.82) is 0 Å². The Hall–Kier alpha value is -1.68. The molecule has 4 heteroatoms. The maximum atomic E-state index is 10.9. The monoisotopic (exact) mass is 230 g/mol. The minimum Gasteiger partial charge on any atom is -0.280 e. The summed E-state index contributed by atoms with van der Waals surface area (Å²) in [5, 5.41) is -0.372. The van der Waals surface area contributed by atoms with Gasteiger partial charge in [-0.2, -0.15) is 0 Å². The Bertz CT molecular complexity index is 506. The number of hydrogen-bond acceptors (Lipinski definition) is 3. The number of aryl methyl sites for hydroxylation is 1. The van der Waals surface area contributed by atoms with E-state index in [1.807, 2.05) is 31.2 Å². The topological polar surface area (TPSA) is 42.9 Å². The van der Waals surface area contributed by atoms with Gasteiger partial charge in [-0.05, 0) is 6.92 Å². The van der Waals surface area contributed by atoms with Gasteiger partial charge in [-0.25, -0.2) is 4.98 Å². The molecule has 0 spiro atoms. The minimum atomic E-state index is -0.372. The summed E-state index contributed by atoms with van der Waals surface area (Å²) in [6, 6.07) is 7.96. The molecule has 0 atom stereocenters. The smallest absolute Gasteiger partial charge is 0.236 e. The highest BCUT2D eigenvalue weighted by atomic mass is 32.1. The maximum absolute atomic E-state index is 10.9. The molecule has 0 aliphatic heterocycles. The molecule has 0 N–H and O–H groups in total. The van der Waals surface area contributed by atoms with Gasteiger partial charge >= 0.3 is 0 Å². The minimum absolute atomic E-state index is 0.263. The van der Waals surface area contributed by atoms with E-state index in [-0.39, 0.29) is 10.8 Å². The highest BCUT2D eigenvalue weighted by Gasteiger charge is 2.04. The fourth-order valence-corrected chi connectivity index (χ4v) is 1.43. The molecule has 0 radical (unpaired) electrons. The molecule has 16 heavy (non-hydrogen) atoms. The Balaban J connectivity index is 2.34. The van der Waals surface area contributed by atoms with Crippen molar-refractivity contribution in [3.05, 3.63) is 47.9 Å². The maximum Gasteiger partial charge on any atom is 0.236 e. The van der Waals surface area contributed by atoms with Gasteiger partial charge in [0.15, 0.2) is 0 Å². The third-order valence-electron chi connectivity index (χ3n) is 2.22. The standard InChI is InChI=1S/C12H10N2OS/c1-8-2-4-9(5-3-8)10-6-14-11(7-13-10)12(15)16/h2-7H,1H3,(H,15,16). The van der Waals surface area contributed by atoms with E-state index in [9.17, 15) is 4.79 Å². The van der Waals surface area contributed by atoms with E-state index in [0.717, 1.165) is 11.3 Å². The van der Waals surface area contributed by atoms with Crippen molar-refractivity contribution in [1.82, 2.24) is 9.97 Å². The fourth-order valence-electron chi connectivity index (χ4n) is 1.31. The van der Waals surface area contributed by atoms with Gasteiger partial charge in [0, 0.05) is 5.56 Å². The molecule has 0 aliphatic rings. The van der Waals surface area contributed by atoms with E-state index in [0.29, 0.717) is 0 Å². The predicted molar refractivity (Wildman–Crippen MR) is 65.5 cm³/mol. The molecule has 0 saturated carbocycles. The summed E-state index contributed by atoms with van der Waals surface area (Å²) in [6.07, 6.45) is 3.01. The SMILES string of the molecule is Cc1ccc(-c2cnc(C(=O)S)cn2)cc1. The number of carbonyl (C=O) groups is 1. The number of thiol groups is 1. The fraction of sp³-hybridized carbons (Fsp3) is 0.0833. The molecule has 0 saturated heterocycles. The largest absolute Gasteiger partial charge is 0.280 e. The second-order valence-corrected chi connectivity index (χ2v) is 3.86. The molecule has 0 unspecified atom stereocenters. The Labute approximate surface area is 99.0 Å². The molecule has 2 aromatic rings. The highest BCUT2D eigenvalue weighted by Crippen LogP contribution is 2.16. The van der Waals surface area contributed by atoms with E-state index < -0.39 is 0 Å². The summed E-state index contributed by atoms with van der Waals surface area (Å²) >= 11 is 3.68. The number of carbonyl (C=O) groups excluding carboxylic acids is 1. The molecule has 0 aliphatic carbocycles. The number of hydrogen-bond donors (Lipinski definition) is 1. The average Bonchev–Trinajstić information content (AvgIpc) is 2.30. The van der Waals surface area contributed by atoms with E-state index >= 15 is 0 Å². The van der Waals surface area contributed by atoms with Crippen molar-refractivity contribution in [3.63, 3.8) is 0 Å². The van der Waals surface area contributed by atoms with Gasteiger partial charge in [0.05, 0.1) is 18.1 Å². The molecule has 1 heterocycles. The summed E-state index contributed by atoms with van der Waals surface area (Å²) in [5.41, 5.74) is 3.19. The van der Waals surface area contributed by atoms with E-state index in [4.69, 9.17) is 0 Å². The molecule has 2 rings (SSSR count). The van der Waals surface area contributed by atoms with Crippen LogP contribution in [0.3, 0.4) is 0 Å². The first-order valence-corrected chi connectivity index (χ1v) is 5.24. The number of aromatic nitrogens is 2. The molecular formula is C12H10N2OS. The van der Waals surface area contributed by atoms with Gasteiger partial charge in [0.1, 0.15) is 5.69 Å². The van der Waals surface area contributed by atoms with Crippen LogP contribution >= 0.6 is 12.6 Å². The Kier molecular flexibility index (Phi) is 3.01. The number of rotatable bonds is 2. The van der Waals surface area contributed by atoms with Crippen LogP contribution in [-0.4, -0.2) is 15.1 Å². The lowest BCUT2D eigenvalue weighted by Gasteiger charge is -2.01. The van der Waals surface area contributed by atoms with Crippen LogP contribution < -0.4 is 0 Å². The van der Waals surface area contributed by atoms with Gasteiger partial charge in [-0.15, -0.1) is 0 Å². The van der Waals surface area contributed by atoms with Crippen molar-refractivity contribution >= 4 is 17.7 Å². The summed E-state index contributed by atoms with van der Waals surface area (Å²) < 4.78 is 0. The normalized spacial score (nSPS) is 10.1. The summed E-state index contributed by atoms with van der Waals surface area (Å²) in [7, 11) is 0. The van der Waals surface area contributed by atoms with Crippen molar-refractivity contribution in [3.8, 4) is 11.3 Å². The zero-order chi connectivity index (χ0) is 11.5. The van der Waals surface area contributed by atoms with Crippen LogP contribution in [0.5, 0.6) is 0 Å². The first-order valence-electron chi connectivity index (χ1n) is 4.79. The van der Waals surface area contributed by atoms with Crippen LogP contribution in [0.1, 0.15) is 16.1 Å². The molecule has 80 valence electrons. The van der Waals surface area contributed by atoms with Gasteiger partial charge < -0.3 is 0 Å². The highest BCUT2D eigenvalue weighted by molar-refractivity contribution is 7.97. The van der Waals surface area contributed by atoms with Crippen LogP contribution in [0, 0.1) is 6.92 Å². The van der Waals surface area contributed by atoms with Crippen molar-refractivity contribution in [2.75, 3.05) is 0 Å². The number of nitrogens with zero attached hydrogens (tertiary/aromatic N) is 2. The summed E-state index contributed by atoms with van der Waals surface area (Å²) in [5.74, 6) is 0. The molecule has 0 fully saturated rings. The molecule has 1 aromatic heterocycles. The second kappa shape index (κ2) is 4.45. The van der Waals surface area contributed by atoms with Gasteiger partial charge in [0.25, 0.3) is 0 Å². The Morgan fingerprint density at radius 2 is 1.81 bits per heavy atom. The van der Waals surface area contributed by atoms with Crippen molar-refractivity contribution in [2.24, 2.45) is 0 Å². The van der Waals surface area contributed by atoms with Crippen LogP contribution in [0.25, 0.3) is 11.3 Å². The first kappa shape index (κ1) is 10.8. The summed E-state index contributed by atoms with van der Waals surface area (Å²) in [6.45, 7) is 2.03. The second-order valence-electron chi connectivity index (χ2n) is 3.46. The lowest BCUT2D eigenvalue weighted by molar-refractivity contribution is 0.108. The lowest BCUT2D eigenvalue weighted by Crippen LogP contribution is -1.96. The van der Waals surface area contributed by atoms with Crippen molar-refractivity contribution < 1.29 is 4.79 Å². The predicted octanol–water partition coefficient (Wildman–Crippen LogP) is 2.52. The van der Waals surface area contributed by atoms with Crippen LogP contribution in [0.4, 0.5) is 0 Å². The molecule has 1 aromatic carbocycles. The quantitative estimate of drug-likeness (QED) is 0.806. The van der Waals surface area contributed by atoms with E-state index in [1.54, 1.807) is 6.20 Å². The Morgan fingerprint density at radius 1 is 1.12 bits per heavy atom. The average molecular weight is 230 g/mol. The van der Waals surface area contributed by atoms with Gasteiger partial charge in [-0.3, -0.25) is 9.78 Å². The molecule has 0 bridgehead atoms. The third kappa shape index (κ3) is 2.28. The zero-order valence-corrected chi connectivity index (χ0v) is 9.61. The lowest BCUT2D eigenvalue weighted by atomic mass is 10.1. The van der Waals surface area contributed by atoms with Gasteiger partial charge in [-0.1, -0.05) is 42.5 Å². The molecule has 0 amide bonds. The van der Waals surface area contributed by atoms with E-state index in [2.05, 4.69) is 22.6 Å². The van der Waals surface area contributed by atoms with Gasteiger partial charge in [0.2, 0.25) is 5.12 Å². The van der Waals surface area contributed by atoms with Crippen molar-refractivity contribution in [2.45, 2.75) is 6.92 Å². The van der Waals surface area contributed by atoms with E-state index in [1.165, 1.54) is 11.8 Å². The number of benzene rings is 1. The zero-order valence-electron chi connectivity index (χ0n) is 8.71. The van der Waals surface area contributed by atoms with Crippen LogP contribution in [-0.2, 0) is 0 Å². The van der Waals surface area contributed by atoms with Crippen LogP contribution in [0.15, 0.2) is 36.7 Å². The summed E-state index contributed by atoms with van der Waals surface area (Å²) in [4.78, 5) is 19.1. The third-order valence-corrected chi connectivity index (χ3v) is 2.45.